The molecule has 3 aromatic rings. The molecule has 1 N–H and O–H groups in total. The molecule has 0 aliphatic heterocycles. The molecule has 0 atom stereocenters. The first-order valence-corrected chi connectivity index (χ1v) is 8.53. The average molecular weight is 335 g/mol. The van der Waals surface area contributed by atoms with Crippen molar-refractivity contribution in [2.45, 2.75) is 25.3 Å². The van der Waals surface area contributed by atoms with Crippen molar-refractivity contribution in [1.82, 2.24) is 14.9 Å². The van der Waals surface area contributed by atoms with Crippen LogP contribution in [0, 0.1) is 0 Å². The highest BCUT2D eigenvalue weighted by atomic mass is 16.5. The van der Waals surface area contributed by atoms with Crippen molar-refractivity contribution in [3.63, 3.8) is 0 Å². The number of hydrogen-bond donors (Lipinski definition) is 1. The first-order valence-electron chi connectivity index (χ1n) is 8.53. The van der Waals surface area contributed by atoms with Gasteiger partial charge in [-0.05, 0) is 48.7 Å². The van der Waals surface area contributed by atoms with E-state index in [1.807, 2.05) is 18.2 Å². The van der Waals surface area contributed by atoms with Crippen LogP contribution in [-0.4, -0.2) is 22.6 Å². The normalized spacial score (nSPS) is 13.8. The van der Waals surface area contributed by atoms with Crippen molar-refractivity contribution >= 4 is 16.9 Å². The minimum atomic E-state index is -0.112. The van der Waals surface area contributed by atoms with Crippen molar-refractivity contribution in [3.05, 3.63) is 59.4 Å². The van der Waals surface area contributed by atoms with Gasteiger partial charge in [0.15, 0.2) is 0 Å². The molecule has 1 amide bonds. The summed E-state index contributed by atoms with van der Waals surface area (Å²) < 4.78 is 7.35. The molecular weight excluding hydrogens is 314 g/mol. The molecule has 1 fully saturated rings. The Balaban J connectivity index is 1.49. The quantitative estimate of drug-likeness (QED) is 0.777. The summed E-state index contributed by atoms with van der Waals surface area (Å²) in [5.74, 6) is 2.36. The number of aryl methyl sites for hydroxylation is 1. The molecule has 4 rings (SSSR count). The van der Waals surface area contributed by atoms with Crippen LogP contribution >= 0.6 is 0 Å². The lowest BCUT2D eigenvalue weighted by molar-refractivity contribution is 0.0950. The maximum absolute atomic E-state index is 12.3. The van der Waals surface area contributed by atoms with Gasteiger partial charge in [0.1, 0.15) is 11.6 Å². The Morgan fingerprint density at radius 1 is 1.28 bits per heavy atom. The molecule has 1 heterocycles. The Morgan fingerprint density at radius 2 is 2.12 bits per heavy atom. The summed E-state index contributed by atoms with van der Waals surface area (Å²) in [7, 11) is 3.67. The van der Waals surface area contributed by atoms with E-state index >= 15 is 0 Å². The molecule has 0 bridgehead atoms. The van der Waals surface area contributed by atoms with E-state index in [0.29, 0.717) is 23.8 Å². The summed E-state index contributed by atoms with van der Waals surface area (Å²) in [6, 6.07) is 13.3. The van der Waals surface area contributed by atoms with E-state index in [4.69, 9.17) is 9.72 Å². The SMILES string of the molecule is COc1cccc(C(=O)NCc2ccc3c(c2)nc(C2CC2)n3C)c1. The van der Waals surface area contributed by atoms with Gasteiger partial charge in [0.25, 0.3) is 5.91 Å². The van der Waals surface area contributed by atoms with E-state index in [0.717, 1.165) is 16.6 Å². The Morgan fingerprint density at radius 3 is 2.88 bits per heavy atom. The second kappa shape index (κ2) is 6.24. The number of nitrogens with one attached hydrogen (secondary N) is 1. The number of rotatable bonds is 5. The number of ether oxygens (including phenoxy) is 1. The van der Waals surface area contributed by atoms with Crippen molar-refractivity contribution in [3.8, 4) is 5.75 Å². The molecule has 1 saturated carbocycles. The molecule has 0 saturated heterocycles. The highest BCUT2D eigenvalue weighted by Gasteiger charge is 2.28. The fourth-order valence-electron chi connectivity index (χ4n) is 3.13. The van der Waals surface area contributed by atoms with E-state index in [1.165, 1.54) is 18.7 Å². The molecule has 2 aromatic carbocycles. The summed E-state index contributed by atoms with van der Waals surface area (Å²) in [6.07, 6.45) is 2.47. The number of aromatic nitrogens is 2. The second-order valence-electron chi connectivity index (χ2n) is 6.54. The van der Waals surface area contributed by atoms with Crippen LogP contribution in [0.1, 0.15) is 40.5 Å². The number of imidazole rings is 1. The second-order valence-corrected chi connectivity index (χ2v) is 6.54. The van der Waals surface area contributed by atoms with Gasteiger partial charge in [0.05, 0.1) is 18.1 Å². The lowest BCUT2D eigenvalue weighted by Gasteiger charge is -2.07. The molecule has 1 aliphatic carbocycles. The van der Waals surface area contributed by atoms with Gasteiger partial charge in [0, 0.05) is 25.1 Å². The standard InChI is InChI=1S/C20H21N3O2/c1-23-18-9-6-13(10-17(18)22-19(23)14-7-8-14)12-21-20(24)15-4-3-5-16(11-15)25-2/h3-6,9-11,14H,7-8,12H2,1-2H3,(H,21,24). The highest BCUT2D eigenvalue weighted by molar-refractivity contribution is 5.94. The summed E-state index contributed by atoms with van der Waals surface area (Å²) in [5, 5.41) is 2.96. The van der Waals surface area contributed by atoms with Crippen molar-refractivity contribution in [2.24, 2.45) is 7.05 Å². The predicted octanol–water partition coefficient (Wildman–Crippen LogP) is 3.39. The van der Waals surface area contributed by atoms with Crippen LogP contribution in [0.25, 0.3) is 11.0 Å². The smallest absolute Gasteiger partial charge is 0.251 e. The van der Waals surface area contributed by atoms with Crippen molar-refractivity contribution in [1.29, 1.82) is 0 Å². The van der Waals surface area contributed by atoms with Crippen LogP contribution in [0.5, 0.6) is 5.75 Å². The molecule has 128 valence electrons. The van der Waals surface area contributed by atoms with Crippen LogP contribution in [0.2, 0.25) is 0 Å². The fraction of sp³-hybridized carbons (Fsp3) is 0.300. The predicted molar refractivity (Wildman–Crippen MR) is 96.9 cm³/mol. The van der Waals surface area contributed by atoms with Gasteiger partial charge in [-0.15, -0.1) is 0 Å². The minimum absolute atomic E-state index is 0.112. The number of carbonyl (C=O) groups excluding carboxylic acids is 1. The molecule has 0 unspecified atom stereocenters. The monoisotopic (exact) mass is 335 g/mol. The van der Waals surface area contributed by atoms with Gasteiger partial charge >= 0.3 is 0 Å². The lowest BCUT2D eigenvalue weighted by Crippen LogP contribution is -2.22. The molecule has 0 radical (unpaired) electrons. The molecule has 1 aliphatic rings. The topological polar surface area (TPSA) is 56.1 Å². The van der Waals surface area contributed by atoms with E-state index in [1.54, 1.807) is 19.2 Å². The van der Waals surface area contributed by atoms with Gasteiger partial charge in [-0.2, -0.15) is 0 Å². The first-order chi connectivity index (χ1) is 12.2. The lowest BCUT2D eigenvalue weighted by atomic mass is 10.1. The van der Waals surface area contributed by atoms with Crippen LogP contribution in [0.4, 0.5) is 0 Å². The van der Waals surface area contributed by atoms with Crippen LogP contribution in [-0.2, 0) is 13.6 Å². The molecule has 0 spiro atoms. The van der Waals surface area contributed by atoms with Gasteiger partial charge < -0.3 is 14.6 Å². The maximum Gasteiger partial charge on any atom is 0.251 e. The zero-order valence-electron chi connectivity index (χ0n) is 14.5. The Hall–Kier alpha value is -2.82. The van der Waals surface area contributed by atoms with E-state index in [9.17, 15) is 4.79 Å². The number of methoxy groups -OCH3 is 1. The summed E-state index contributed by atoms with van der Waals surface area (Å²) in [5.41, 5.74) is 3.78. The highest BCUT2D eigenvalue weighted by Crippen LogP contribution is 2.40. The summed E-state index contributed by atoms with van der Waals surface area (Å²) >= 11 is 0. The maximum atomic E-state index is 12.3. The summed E-state index contributed by atoms with van der Waals surface area (Å²) in [6.45, 7) is 0.474. The van der Waals surface area contributed by atoms with Gasteiger partial charge in [0.2, 0.25) is 0 Å². The third-order valence-electron chi connectivity index (χ3n) is 4.71. The Bertz CT molecular complexity index is 941. The van der Waals surface area contributed by atoms with Gasteiger partial charge in [-0.25, -0.2) is 4.98 Å². The van der Waals surface area contributed by atoms with Crippen LogP contribution < -0.4 is 10.1 Å². The third-order valence-corrected chi connectivity index (χ3v) is 4.71. The molecule has 25 heavy (non-hydrogen) atoms. The van der Waals surface area contributed by atoms with E-state index in [2.05, 4.69) is 29.1 Å². The van der Waals surface area contributed by atoms with Crippen LogP contribution in [0.3, 0.4) is 0 Å². The average Bonchev–Trinajstić information content (AvgIpc) is 3.44. The molecule has 5 heteroatoms. The van der Waals surface area contributed by atoms with Crippen molar-refractivity contribution in [2.75, 3.05) is 7.11 Å². The minimum Gasteiger partial charge on any atom is -0.497 e. The summed E-state index contributed by atoms with van der Waals surface area (Å²) in [4.78, 5) is 17.1. The number of benzene rings is 2. The Kier molecular flexibility index (Phi) is 3.92. The number of carbonyl (C=O) groups is 1. The number of amides is 1. The first kappa shape index (κ1) is 15.7. The largest absolute Gasteiger partial charge is 0.497 e. The number of hydrogen-bond acceptors (Lipinski definition) is 3. The van der Waals surface area contributed by atoms with Gasteiger partial charge in [-0.1, -0.05) is 12.1 Å². The molecular formula is C20H21N3O2. The molecule has 5 nitrogen and oxygen atoms in total. The van der Waals surface area contributed by atoms with E-state index in [-0.39, 0.29) is 5.91 Å². The number of nitrogens with zero attached hydrogens (tertiary/aromatic N) is 2. The molecule has 1 aromatic heterocycles. The third kappa shape index (κ3) is 3.09. The van der Waals surface area contributed by atoms with Crippen molar-refractivity contribution < 1.29 is 9.53 Å². The van der Waals surface area contributed by atoms with E-state index < -0.39 is 0 Å². The fourth-order valence-corrected chi connectivity index (χ4v) is 3.13. The zero-order chi connectivity index (χ0) is 17.4. The Labute approximate surface area is 146 Å². The zero-order valence-corrected chi connectivity index (χ0v) is 14.5. The van der Waals surface area contributed by atoms with Gasteiger partial charge in [-0.3, -0.25) is 4.79 Å². The van der Waals surface area contributed by atoms with Crippen LogP contribution in [0.15, 0.2) is 42.5 Å². The number of fused-ring (bicyclic) bond motifs is 1.